The summed E-state index contributed by atoms with van der Waals surface area (Å²) in [6, 6.07) is 12.3. The second-order valence-electron chi connectivity index (χ2n) is 9.60. The van der Waals surface area contributed by atoms with Gasteiger partial charge in [0.15, 0.2) is 0 Å². The molecule has 0 bridgehead atoms. The number of anilines is 2. The van der Waals surface area contributed by atoms with Crippen LogP contribution in [0.4, 0.5) is 16.3 Å². The van der Waals surface area contributed by atoms with E-state index in [1.807, 2.05) is 24.0 Å². The molecule has 2 N–H and O–H groups in total. The fourth-order valence-electron chi connectivity index (χ4n) is 4.87. The number of morpholine rings is 1. The van der Waals surface area contributed by atoms with Crippen molar-refractivity contribution in [1.29, 1.82) is 0 Å². The summed E-state index contributed by atoms with van der Waals surface area (Å²) >= 11 is 0. The zero-order valence-corrected chi connectivity index (χ0v) is 20.8. The topological polar surface area (TPSA) is 86.4 Å². The van der Waals surface area contributed by atoms with Gasteiger partial charge in [0.1, 0.15) is 11.5 Å². The van der Waals surface area contributed by atoms with Crippen LogP contribution >= 0.6 is 0 Å². The van der Waals surface area contributed by atoms with E-state index in [4.69, 9.17) is 9.72 Å². The van der Waals surface area contributed by atoms with Gasteiger partial charge in [0, 0.05) is 37.6 Å². The summed E-state index contributed by atoms with van der Waals surface area (Å²) in [7, 11) is 0. The van der Waals surface area contributed by atoms with Crippen LogP contribution in [0.5, 0.6) is 0 Å². The zero-order valence-electron chi connectivity index (χ0n) is 20.8. The van der Waals surface area contributed by atoms with Crippen LogP contribution in [-0.2, 0) is 4.74 Å². The highest BCUT2D eigenvalue weighted by atomic mass is 16.5. The maximum atomic E-state index is 12.9. The lowest BCUT2D eigenvalue weighted by atomic mass is 9.99. The van der Waals surface area contributed by atoms with Crippen LogP contribution in [0.1, 0.15) is 31.0 Å². The normalized spacial score (nSPS) is 18.2. The van der Waals surface area contributed by atoms with E-state index >= 15 is 0 Å². The minimum atomic E-state index is -0.0211. The summed E-state index contributed by atoms with van der Waals surface area (Å²) in [4.78, 5) is 22.0. The summed E-state index contributed by atoms with van der Waals surface area (Å²) in [6.45, 7) is 10.9. The third-order valence-corrected chi connectivity index (χ3v) is 7.07. The van der Waals surface area contributed by atoms with Crippen molar-refractivity contribution in [3.8, 4) is 22.5 Å². The number of hydrogen-bond donors (Lipinski definition) is 2. The molecular formula is C27H34N6O2. The first kappa shape index (κ1) is 23.4. The number of benzene rings is 1. The molecule has 2 amide bonds. The Morgan fingerprint density at radius 2 is 1.94 bits per heavy atom. The van der Waals surface area contributed by atoms with Gasteiger partial charge >= 0.3 is 6.03 Å². The smallest absolute Gasteiger partial charge is 0.321 e. The third kappa shape index (κ3) is 5.17. The molecule has 0 radical (unpaired) electrons. The molecule has 5 rings (SSSR count). The van der Waals surface area contributed by atoms with Gasteiger partial charge in [-0.15, -0.1) is 0 Å². The third-order valence-electron chi connectivity index (χ3n) is 7.07. The quantitative estimate of drug-likeness (QED) is 0.552. The second kappa shape index (κ2) is 10.1. The van der Waals surface area contributed by atoms with Crippen LogP contribution in [0.25, 0.3) is 22.5 Å². The Morgan fingerprint density at radius 3 is 2.66 bits per heavy atom. The number of hydrogen-bond acceptors (Lipinski definition) is 5. The number of aryl methyl sites for hydroxylation is 2. The Balaban J connectivity index is 1.47. The summed E-state index contributed by atoms with van der Waals surface area (Å²) in [5, 5.41) is 10.6. The first-order valence-corrected chi connectivity index (χ1v) is 12.5. The Bertz CT molecular complexity index is 1200. The van der Waals surface area contributed by atoms with Crippen molar-refractivity contribution in [2.75, 3.05) is 49.6 Å². The number of ether oxygens (including phenoxy) is 1. The SMILES string of the molecule is CC[C@@H]1CCN(C(=O)Nc2ccc(C)c(-c3cc(-c4cc(C)[nH]n4)nc(N4CCOCC4)c3)c2)C1. The maximum absolute atomic E-state index is 12.9. The predicted octanol–water partition coefficient (Wildman–Crippen LogP) is 4.86. The summed E-state index contributed by atoms with van der Waals surface area (Å²) in [5.74, 6) is 1.52. The highest BCUT2D eigenvalue weighted by molar-refractivity contribution is 5.91. The van der Waals surface area contributed by atoms with E-state index in [0.29, 0.717) is 19.1 Å². The van der Waals surface area contributed by atoms with Gasteiger partial charge < -0.3 is 19.9 Å². The molecule has 0 spiro atoms. The van der Waals surface area contributed by atoms with Crippen LogP contribution in [0.3, 0.4) is 0 Å². The second-order valence-corrected chi connectivity index (χ2v) is 9.60. The predicted molar refractivity (Wildman–Crippen MR) is 139 cm³/mol. The van der Waals surface area contributed by atoms with E-state index in [1.54, 1.807) is 0 Å². The lowest BCUT2D eigenvalue weighted by Gasteiger charge is -2.28. The van der Waals surface area contributed by atoms with Gasteiger partial charge in [-0.05, 0) is 73.2 Å². The first-order chi connectivity index (χ1) is 17.0. The largest absolute Gasteiger partial charge is 0.378 e. The number of nitrogens with one attached hydrogen (secondary N) is 2. The zero-order chi connectivity index (χ0) is 24.4. The summed E-state index contributed by atoms with van der Waals surface area (Å²) in [5.41, 5.74) is 6.70. The standard InChI is InChI=1S/C27H34N6O2/c1-4-20-7-8-33(17-20)27(34)28-22-6-5-18(2)23(16-22)21-14-24(25-13-19(3)30-31-25)29-26(15-21)32-9-11-35-12-10-32/h5-6,13-16,20H,4,7-12,17H2,1-3H3,(H,28,34)(H,30,31)/t20-/m1/s1. The highest BCUT2D eigenvalue weighted by Crippen LogP contribution is 2.33. The van der Waals surface area contributed by atoms with Crippen molar-refractivity contribution in [3.63, 3.8) is 0 Å². The number of amides is 2. The minimum absolute atomic E-state index is 0.0211. The van der Waals surface area contributed by atoms with Gasteiger partial charge in [0.05, 0.1) is 18.9 Å². The van der Waals surface area contributed by atoms with Gasteiger partial charge in [-0.1, -0.05) is 19.4 Å². The van der Waals surface area contributed by atoms with E-state index in [9.17, 15) is 4.79 Å². The van der Waals surface area contributed by atoms with Crippen molar-refractivity contribution in [3.05, 3.63) is 47.7 Å². The molecule has 1 atom stereocenters. The van der Waals surface area contributed by atoms with Crippen molar-refractivity contribution in [2.24, 2.45) is 5.92 Å². The van der Waals surface area contributed by atoms with E-state index < -0.39 is 0 Å². The van der Waals surface area contributed by atoms with Crippen molar-refractivity contribution < 1.29 is 9.53 Å². The van der Waals surface area contributed by atoms with Crippen LogP contribution in [0.15, 0.2) is 36.4 Å². The van der Waals surface area contributed by atoms with E-state index in [1.165, 1.54) is 0 Å². The lowest BCUT2D eigenvalue weighted by Crippen LogP contribution is -2.36. The van der Waals surface area contributed by atoms with Gasteiger partial charge in [-0.2, -0.15) is 5.10 Å². The van der Waals surface area contributed by atoms with Crippen LogP contribution in [0.2, 0.25) is 0 Å². The van der Waals surface area contributed by atoms with Gasteiger partial charge in [-0.3, -0.25) is 5.10 Å². The van der Waals surface area contributed by atoms with E-state index in [-0.39, 0.29) is 6.03 Å². The number of H-pyrrole nitrogens is 1. The first-order valence-electron chi connectivity index (χ1n) is 12.5. The summed E-state index contributed by atoms with van der Waals surface area (Å²) < 4.78 is 5.55. The highest BCUT2D eigenvalue weighted by Gasteiger charge is 2.25. The molecule has 2 saturated heterocycles. The van der Waals surface area contributed by atoms with Crippen molar-refractivity contribution >= 4 is 17.5 Å². The van der Waals surface area contributed by atoms with Gasteiger partial charge in [0.2, 0.25) is 0 Å². The van der Waals surface area contributed by atoms with Crippen molar-refractivity contribution in [2.45, 2.75) is 33.6 Å². The number of carbonyl (C=O) groups is 1. The number of aromatic nitrogens is 3. The number of nitrogens with zero attached hydrogens (tertiary/aromatic N) is 4. The maximum Gasteiger partial charge on any atom is 0.321 e. The number of aromatic amines is 1. The molecular weight excluding hydrogens is 440 g/mol. The molecule has 35 heavy (non-hydrogen) atoms. The van der Waals surface area contributed by atoms with Crippen LogP contribution in [-0.4, -0.2) is 65.5 Å². The molecule has 2 aliphatic heterocycles. The molecule has 8 nitrogen and oxygen atoms in total. The molecule has 2 aromatic heterocycles. The number of carbonyl (C=O) groups excluding carboxylic acids is 1. The number of rotatable bonds is 5. The molecule has 2 aliphatic rings. The monoisotopic (exact) mass is 474 g/mol. The van der Waals surface area contributed by atoms with Crippen LogP contribution in [0, 0.1) is 19.8 Å². The molecule has 3 aromatic rings. The Labute approximate surface area is 206 Å². The van der Waals surface area contributed by atoms with Gasteiger partial charge in [0.25, 0.3) is 0 Å². The van der Waals surface area contributed by atoms with Crippen molar-refractivity contribution in [1.82, 2.24) is 20.1 Å². The Kier molecular flexibility index (Phi) is 6.72. The molecule has 184 valence electrons. The molecule has 0 aliphatic carbocycles. The van der Waals surface area contributed by atoms with Gasteiger partial charge in [-0.25, -0.2) is 9.78 Å². The molecule has 2 fully saturated rings. The van der Waals surface area contributed by atoms with Crippen LogP contribution < -0.4 is 10.2 Å². The molecule has 1 aromatic carbocycles. The summed E-state index contributed by atoms with van der Waals surface area (Å²) in [6.07, 6.45) is 2.20. The molecule has 0 unspecified atom stereocenters. The molecule has 4 heterocycles. The number of likely N-dealkylation sites (tertiary alicyclic amines) is 1. The average molecular weight is 475 g/mol. The molecule has 0 saturated carbocycles. The van der Waals surface area contributed by atoms with E-state index in [0.717, 1.165) is 84.3 Å². The fraction of sp³-hybridized carbons (Fsp3) is 0.444. The Hall–Kier alpha value is -3.39. The fourth-order valence-corrected chi connectivity index (χ4v) is 4.87. The Morgan fingerprint density at radius 1 is 1.11 bits per heavy atom. The minimum Gasteiger partial charge on any atom is -0.378 e. The average Bonchev–Trinajstić information content (AvgIpc) is 3.55. The number of urea groups is 1. The van der Waals surface area contributed by atoms with E-state index in [2.05, 4.69) is 58.5 Å². The number of pyridine rings is 1. The molecule has 8 heteroatoms. The lowest BCUT2D eigenvalue weighted by molar-refractivity contribution is 0.122.